The molecule has 2 aromatic rings. The van der Waals surface area contributed by atoms with Crippen LogP contribution in [-0.2, 0) is 4.74 Å². The molecule has 2 saturated heterocycles. The molecule has 2 atom stereocenters. The van der Waals surface area contributed by atoms with E-state index in [2.05, 4.69) is 31.9 Å². The Morgan fingerprint density at radius 2 is 2.16 bits per heavy atom. The molecule has 3 aliphatic heterocycles. The van der Waals surface area contributed by atoms with Crippen molar-refractivity contribution in [3.05, 3.63) is 39.6 Å². The lowest BCUT2D eigenvalue weighted by Gasteiger charge is -2.31. The van der Waals surface area contributed by atoms with E-state index in [-0.39, 0.29) is 34.6 Å². The summed E-state index contributed by atoms with van der Waals surface area (Å²) in [6.45, 7) is 7.22. The number of carbonyl (C=O) groups excluding carboxylic acids is 1. The average Bonchev–Trinajstić information content (AvgIpc) is 3.52. The van der Waals surface area contributed by atoms with Crippen LogP contribution in [0, 0.1) is 17.1 Å². The molecule has 0 unspecified atom stereocenters. The van der Waals surface area contributed by atoms with Gasteiger partial charge in [0.1, 0.15) is 35.5 Å². The smallest absolute Gasteiger partial charge is 0.410 e. The fourth-order valence-electron chi connectivity index (χ4n) is 5.64. The molecular formula is C27H29BrF2N4O3. The monoisotopic (exact) mass is 574 g/mol. The fraction of sp³-hybridized carbons (Fsp3) is 0.519. The number of halogens is 3. The number of benzene rings is 1. The van der Waals surface area contributed by atoms with Crippen molar-refractivity contribution in [3.63, 3.8) is 0 Å². The first-order chi connectivity index (χ1) is 17.5. The zero-order chi connectivity index (χ0) is 26.5. The van der Waals surface area contributed by atoms with Gasteiger partial charge in [-0.05, 0) is 67.7 Å². The number of rotatable bonds is 4. The highest BCUT2D eigenvalue weighted by molar-refractivity contribution is 9.10. The van der Waals surface area contributed by atoms with Crippen LogP contribution in [0.3, 0.4) is 0 Å². The van der Waals surface area contributed by atoms with Crippen molar-refractivity contribution in [1.82, 2.24) is 14.8 Å². The van der Waals surface area contributed by atoms with E-state index >= 15 is 4.39 Å². The number of hydrogen-bond acceptors (Lipinski definition) is 6. The second-order valence-corrected chi connectivity index (χ2v) is 11.8. The van der Waals surface area contributed by atoms with E-state index in [1.165, 1.54) is 4.90 Å². The molecule has 10 heteroatoms. The predicted octanol–water partition coefficient (Wildman–Crippen LogP) is 5.60. The summed E-state index contributed by atoms with van der Waals surface area (Å²) in [5, 5.41) is 10.7. The third kappa shape index (κ3) is 4.79. The first-order valence-corrected chi connectivity index (χ1v) is 13.2. The number of hydrogen-bond donors (Lipinski definition) is 0. The van der Waals surface area contributed by atoms with Crippen molar-refractivity contribution in [2.75, 3.05) is 32.8 Å². The van der Waals surface area contributed by atoms with Crippen molar-refractivity contribution in [3.8, 4) is 11.9 Å². The van der Waals surface area contributed by atoms with E-state index in [4.69, 9.17) is 9.47 Å². The van der Waals surface area contributed by atoms with E-state index < -0.39 is 29.2 Å². The van der Waals surface area contributed by atoms with Crippen molar-refractivity contribution in [1.29, 1.82) is 5.26 Å². The van der Waals surface area contributed by atoms with Gasteiger partial charge in [-0.3, -0.25) is 4.90 Å². The molecule has 1 aromatic carbocycles. The van der Waals surface area contributed by atoms with Gasteiger partial charge in [-0.15, -0.1) is 0 Å². The van der Waals surface area contributed by atoms with Gasteiger partial charge in [-0.2, -0.15) is 5.26 Å². The lowest BCUT2D eigenvalue weighted by Crippen LogP contribution is -2.43. The molecule has 1 amide bonds. The molecule has 7 nitrogen and oxygen atoms in total. The van der Waals surface area contributed by atoms with Crippen LogP contribution in [0.25, 0.3) is 16.5 Å². The molecule has 5 rings (SSSR count). The van der Waals surface area contributed by atoms with Gasteiger partial charge in [-0.25, -0.2) is 18.6 Å². The van der Waals surface area contributed by atoms with Gasteiger partial charge in [0.2, 0.25) is 5.88 Å². The van der Waals surface area contributed by atoms with E-state index in [1.54, 1.807) is 32.9 Å². The molecule has 0 N–H and O–H groups in total. The van der Waals surface area contributed by atoms with Gasteiger partial charge in [0, 0.05) is 37.0 Å². The molecule has 3 aliphatic rings. The summed E-state index contributed by atoms with van der Waals surface area (Å²) >= 11 is 3.22. The van der Waals surface area contributed by atoms with E-state index in [0.717, 1.165) is 19.4 Å². The van der Waals surface area contributed by atoms with E-state index in [9.17, 15) is 14.4 Å². The van der Waals surface area contributed by atoms with Gasteiger partial charge < -0.3 is 14.4 Å². The van der Waals surface area contributed by atoms with Gasteiger partial charge >= 0.3 is 6.09 Å². The first kappa shape index (κ1) is 25.9. The summed E-state index contributed by atoms with van der Waals surface area (Å²) in [6, 6.07) is 5.48. The number of ether oxygens (including phenoxy) is 2. The maximum absolute atomic E-state index is 15.3. The van der Waals surface area contributed by atoms with Crippen LogP contribution in [-0.4, -0.2) is 71.0 Å². The molecule has 0 saturated carbocycles. The Morgan fingerprint density at radius 3 is 2.89 bits per heavy atom. The molecule has 4 heterocycles. The first-order valence-electron chi connectivity index (χ1n) is 12.4. The number of nitrogens with zero attached hydrogens (tertiary/aromatic N) is 4. The fourth-order valence-corrected chi connectivity index (χ4v) is 5.96. The van der Waals surface area contributed by atoms with Crippen molar-refractivity contribution in [2.24, 2.45) is 0 Å². The quantitative estimate of drug-likeness (QED) is 0.473. The Labute approximate surface area is 223 Å². The second kappa shape index (κ2) is 9.52. The number of aromatic nitrogens is 1. The lowest BCUT2D eigenvalue weighted by atomic mass is 9.94. The summed E-state index contributed by atoms with van der Waals surface area (Å²) in [5.41, 5.74) is 0.304. The molecule has 37 heavy (non-hydrogen) atoms. The second-order valence-electron chi connectivity index (χ2n) is 11.0. The third-order valence-corrected chi connectivity index (χ3v) is 7.87. The van der Waals surface area contributed by atoms with Gasteiger partial charge in [0.15, 0.2) is 5.82 Å². The summed E-state index contributed by atoms with van der Waals surface area (Å²) in [4.78, 5) is 20.7. The number of nitriles is 1. The molecule has 1 aromatic heterocycles. The Morgan fingerprint density at radius 1 is 1.38 bits per heavy atom. The van der Waals surface area contributed by atoms with Gasteiger partial charge in [-0.1, -0.05) is 12.1 Å². The maximum Gasteiger partial charge on any atom is 0.410 e. The van der Waals surface area contributed by atoms with Crippen LogP contribution < -0.4 is 4.74 Å². The largest absolute Gasteiger partial charge is 0.475 e. The van der Waals surface area contributed by atoms with Crippen molar-refractivity contribution >= 4 is 38.5 Å². The zero-order valence-electron chi connectivity index (χ0n) is 21.1. The van der Waals surface area contributed by atoms with Gasteiger partial charge in [0.25, 0.3) is 0 Å². The molecular weight excluding hydrogens is 546 g/mol. The number of fused-ring (bicyclic) bond motifs is 2. The van der Waals surface area contributed by atoms with Crippen LogP contribution in [0.15, 0.2) is 22.7 Å². The maximum atomic E-state index is 15.3. The Hall–Kier alpha value is -2.77. The molecule has 196 valence electrons. The number of amides is 1. The van der Waals surface area contributed by atoms with E-state index in [0.29, 0.717) is 36.0 Å². The molecule has 0 bridgehead atoms. The zero-order valence-corrected chi connectivity index (χ0v) is 22.7. The van der Waals surface area contributed by atoms with Crippen molar-refractivity contribution < 1.29 is 23.0 Å². The summed E-state index contributed by atoms with van der Waals surface area (Å²) in [5.74, 6) is -0.553. The normalized spacial score (nSPS) is 23.8. The summed E-state index contributed by atoms with van der Waals surface area (Å²) < 4.78 is 41.4. The van der Waals surface area contributed by atoms with Crippen molar-refractivity contribution in [2.45, 2.75) is 57.3 Å². The number of carbonyl (C=O) groups is 1. The van der Waals surface area contributed by atoms with Crippen LogP contribution in [0.5, 0.6) is 5.88 Å². The third-order valence-electron chi connectivity index (χ3n) is 7.26. The van der Waals surface area contributed by atoms with Gasteiger partial charge in [0.05, 0.1) is 10.0 Å². The molecule has 2 fully saturated rings. The highest BCUT2D eigenvalue weighted by atomic mass is 79.9. The van der Waals surface area contributed by atoms with E-state index in [1.807, 2.05) is 6.08 Å². The Bertz CT molecular complexity index is 1340. The highest BCUT2D eigenvalue weighted by Gasteiger charge is 2.49. The van der Waals surface area contributed by atoms with Crippen LogP contribution in [0.1, 0.15) is 51.2 Å². The number of alkyl halides is 1. The Kier molecular flexibility index (Phi) is 6.65. The minimum absolute atomic E-state index is 0.0159. The summed E-state index contributed by atoms with van der Waals surface area (Å²) in [6.07, 6.45) is 2.56. The average molecular weight is 575 g/mol. The number of pyridine rings is 1. The Balaban J connectivity index is 1.53. The minimum atomic E-state index is -0.921. The van der Waals surface area contributed by atoms with Crippen LogP contribution in [0.2, 0.25) is 0 Å². The summed E-state index contributed by atoms with van der Waals surface area (Å²) in [7, 11) is 0. The SMILES string of the molecule is CC(C)(C)OC(=O)N1CC=C(c2c(C#N)c(OC[C@@]34CCCN3C[C@H](F)C4)nc3c(F)c(Br)ccc23)C1. The lowest BCUT2D eigenvalue weighted by molar-refractivity contribution is 0.0306. The topological polar surface area (TPSA) is 78.7 Å². The van der Waals surface area contributed by atoms with Crippen LogP contribution >= 0.6 is 15.9 Å². The molecule has 0 spiro atoms. The molecule has 0 radical (unpaired) electrons. The highest BCUT2D eigenvalue weighted by Crippen LogP contribution is 2.42. The van der Waals surface area contributed by atoms with Crippen LogP contribution in [0.4, 0.5) is 13.6 Å². The standard InChI is InChI=1S/C27H29BrF2N4O3/c1-26(2,3)37-25(35)33-10-7-16(13-33)21-18-5-6-20(28)22(30)23(18)32-24(19(21)12-31)36-15-27-8-4-9-34(27)14-17(29)11-27/h5-7,17H,4,8-11,13-15H2,1-3H3/t17-,27+/m1/s1. The predicted molar refractivity (Wildman–Crippen MR) is 138 cm³/mol. The minimum Gasteiger partial charge on any atom is -0.475 e. The molecule has 0 aliphatic carbocycles.